The van der Waals surface area contributed by atoms with Crippen molar-refractivity contribution >= 4 is 41.0 Å². The fourth-order valence-corrected chi connectivity index (χ4v) is 2.73. The van der Waals surface area contributed by atoms with Crippen LogP contribution in [0.15, 0.2) is 12.2 Å². The molecule has 0 saturated carbocycles. The van der Waals surface area contributed by atoms with Gasteiger partial charge in [-0.1, -0.05) is 29.3 Å². The molecule has 23 heavy (non-hydrogen) atoms. The minimum absolute atomic E-state index is 0.00878. The van der Waals surface area contributed by atoms with Crippen molar-refractivity contribution in [2.45, 2.75) is 0 Å². The molecule has 0 bridgehead atoms. The van der Waals surface area contributed by atoms with Crippen molar-refractivity contribution < 1.29 is 14.7 Å². The average Bonchev–Trinajstić information content (AvgIpc) is 2.46. The van der Waals surface area contributed by atoms with Crippen LogP contribution in [0.4, 0.5) is 10.7 Å². The molecule has 1 aliphatic rings. The number of halogens is 2. The molecule has 0 unspecified atom stereocenters. The minimum Gasteiger partial charge on any atom is -0.465 e. The van der Waals surface area contributed by atoms with Crippen LogP contribution in [0.2, 0.25) is 10.3 Å². The van der Waals surface area contributed by atoms with Crippen molar-refractivity contribution in [3.63, 3.8) is 0 Å². The Bertz CT molecular complexity index is 621. The molecular formula is C13H15Cl2N5O3. The largest absolute Gasteiger partial charge is 0.465 e. The molecule has 1 fully saturated rings. The number of nitrogen functional groups attached to an aromatic ring is 1. The number of ketones is 1. The molecule has 3 N–H and O–H groups in total. The summed E-state index contributed by atoms with van der Waals surface area (Å²) in [5.74, 6) is -0.513. The van der Waals surface area contributed by atoms with Crippen molar-refractivity contribution in [2.75, 3.05) is 38.5 Å². The summed E-state index contributed by atoms with van der Waals surface area (Å²) >= 11 is 11.7. The molecule has 0 radical (unpaired) electrons. The highest BCUT2D eigenvalue weighted by atomic mass is 35.5. The molecule has 1 saturated heterocycles. The number of carbonyl (C=O) groups is 2. The lowest BCUT2D eigenvalue weighted by Gasteiger charge is -2.32. The van der Waals surface area contributed by atoms with Crippen LogP contribution in [0, 0.1) is 0 Å². The zero-order valence-corrected chi connectivity index (χ0v) is 13.6. The maximum absolute atomic E-state index is 12.1. The van der Waals surface area contributed by atoms with Crippen molar-refractivity contribution in [1.82, 2.24) is 19.8 Å². The molecule has 10 heteroatoms. The fourth-order valence-electron chi connectivity index (χ4n) is 2.14. The van der Waals surface area contributed by atoms with Crippen molar-refractivity contribution in [2.24, 2.45) is 0 Å². The minimum atomic E-state index is -0.914. The zero-order chi connectivity index (χ0) is 17.0. The Balaban J connectivity index is 1.92. The van der Waals surface area contributed by atoms with Crippen LogP contribution in [0.1, 0.15) is 10.4 Å². The molecule has 2 heterocycles. The molecule has 1 aromatic heterocycles. The van der Waals surface area contributed by atoms with E-state index in [1.807, 2.05) is 4.90 Å². The number of piperazine rings is 1. The first-order valence-corrected chi connectivity index (χ1v) is 7.53. The van der Waals surface area contributed by atoms with Gasteiger partial charge in [-0.15, -0.1) is 0 Å². The Labute approximate surface area is 142 Å². The van der Waals surface area contributed by atoms with Crippen LogP contribution in [0.3, 0.4) is 0 Å². The topological polar surface area (TPSA) is 113 Å². The molecule has 1 amide bonds. The number of allylic oxidation sites excluding steroid dienone is 1. The number of hydrogen-bond acceptors (Lipinski definition) is 6. The normalized spacial score (nSPS) is 16.0. The molecule has 1 aliphatic heterocycles. The smallest absolute Gasteiger partial charge is 0.407 e. The second-order valence-corrected chi connectivity index (χ2v) is 5.59. The number of amides is 1. The third kappa shape index (κ3) is 4.54. The molecule has 0 spiro atoms. The molecule has 0 aromatic carbocycles. The van der Waals surface area contributed by atoms with Gasteiger partial charge in [-0.25, -0.2) is 14.8 Å². The van der Waals surface area contributed by atoms with E-state index in [1.165, 1.54) is 11.0 Å². The Hall–Kier alpha value is -1.90. The first-order valence-electron chi connectivity index (χ1n) is 6.78. The van der Waals surface area contributed by atoms with Gasteiger partial charge in [-0.05, 0) is 6.08 Å². The van der Waals surface area contributed by atoms with E-state index in [4.69, 9.17) is 34.0 Å². The van der Waals surface area contributed by atoms with Gasteiger partial charge in [0.25, 0.3) is 0 Å². The lowest BCUT2D eigenvalue weighted by molar-refractivity contribution is 0.104. The third-order valence-electron chi connectivity index (χ3n) is 3.36. The number of rotatable bonds is 4. The van der Waals surface area contributed by atoms with Crippen molar-refractivity contribution in [3.05, 3.63) is 28.0 Å². The maximum atomic E-state index is 12.1. The highest BCUT2D eigenvalue weighted by molar-refractivity contribution is 6.39. The van der Waals surface area contributed by atoms with E-state index in [9.17, 15) is 9.59 Å². The number of anilines is 1. The lowest BCUT2D eigenvalue weighted by Crippen LogP contribution is -2.48. The Morgan fingerprint density at radius 1 is 1.17 bits per heavy atom. The van der Waals surface area contributed by atoms with Crippen molar-refractivity contribution in [3.8, 4) is 0 Å². The monoisotopic (exact) mass is 359 g/mol. The molecule has 8 nitrogen and oxygen atoms in total. The molecule has 0 atom stereocenters. The van der Waals surface area contributed by atoms with Gasteiger partial charge in [0.15, 0.2) is 5.78 Å². The average molecular weight is 360 g/mol. The van der Waals surface area contributed by atoms with Gasteiger partial charge < -0.3 is 15.7 Å². The van der Waals surface area contributed by atoms with Gasteiger partial charge in [-0.3, -0.25) is 9.69 Å². The van der Waals surface area contributed by atoms with Gasteiger partial charge in [0.1, 0.15) is 10.3 Å². The van der Waals surface area contributed by atoms with Gasteiger partial charge in [0, 0.05) is 32.7 Å². The Morgan fingerprint density at radius 2 is 1.74 bits per heavy atom. The highest BCUT2D eigenvalue weighted by Crippen LogP contribution is 2.22. The van der Waals surface area contributed by atoms with Crippen LogP contribution in [0.5, 0.6) is 0 Å². The molecule has 0 aliphatic carbocycles. The molecule has 2 rings (SSSR count). The van der Waals surface area contributed by atoms with E-state index in [2.05, 4.69) is 9.97 Å². The highest BCUT2D eigenvalue weighted by Gasteiger charge is 2.20. The number of aromatic nitrogens is 2. The fraction of sp³-hybridized carbons (Fsp3) is 0.385. The zero-order valence-electron chi connectivity index (χ0n) is 12.1. The SMILES string of the molecule is Nc1nc(Cl)c(C(=O)C=CCN2CCN(C(=O)O)CC2)c(Cl)n1. The number of nitrogens with two attached hydrogens (primary N) is 1. The summed E-state index contributed by atoms with van der Waals surface area (Å²) in [5.41, 5.74) is 5.39. The van der Waals surface area contributed by atoms with Crippen LogP contribution in [-0.4, -0.2) is 69.5 Å². The molecule has 124 valence electrons. The summed E-state index contributed by atoms with van der Waals surface area (Å²) in [6, 6.07) is 0. The van der Waals surface area contributed by atoms with E-state index >= 15 is 0 Å². The van der Waals surface area contributed by atoms with Gasteiger partial charge >= 0.3 is 6.09 Å². The van der Waals surface area contributed by atoms with E-state index in [1.54, 1.807) is 6.08 Å². The van der Waals surface area contributed by atoms with Crippen LogP contribution >= 0.6 is 23.2 Å². The number of carboxylic acid groups (broad SMARTS) is 1. The summed E-state index contributed by atoms with van der Waals surface area (Å²) in [7, 11) is 0. The third-order valence-corrected chi connectivity index (χ3v) is 3.91. The standard InChI is InChI=1S/C13H15Cl2N5O3/c14-10-9(11(15)18-12(16)17-10)8(21)2-1-3-19-4-6-20(7-5-19)13(22)23/h1-2H,3-7H2,(H,22,23)(H2,16,17,18). The van der Waals surface area contributed by atoms with Crippen LogP contribution in [-0.2, 0) is 0 Å². The first-order chi connectivity index (χ1) is 10.9. The van der Waals surface area contributed by atoms with E-state index < -0.39 is 11.9 Å². The summed E-state index contributed by atoms with van der Waals surface area (Å²) in [6.07, 6.45) is 2.10. The summed E-state index contributed by atoms with van der Waals surface area (Å²) in [4.78, 5) is 33.7. The Morgan fingerprint density at radius 3 is 2.26 bits per heavy atom. The maximum Gasteiger partial charge on any atom is 0.407 e. The van der Waals surface area contributed by atoms with Gasteiger partial charge in [0.2, 0.25) is 5.95 Å². The second kappa shape index (κ2) is 7.58. The van der Waals surface area contributed by atoms with E-state index in [0.717, 1.165) is 0 Å². The molecular weight excluding hydrogens is 345 g/mol. The van der Waals surface area contributed by atoms with Crippen LogP contribution in [0.25, 0.3) is 0 Å². The summed E-state index contributed by atoms with van der Waals surface area (Å²) < 4.78 is 0. The predicted molar refractivity (Wildman–Crippen MR) is 86.0 cm³/mol. The number of carbonyl (C=O) groups excluding carboxylic acids is 1. The van der Waals surface area contributed by atoms with E-state index in [-0.39, 0.29) is 21.8 Å². The van der Waals surface area contributed by atoms with Crippen LogP contribution < -0.4 is 5.73 Å². The van der Waals surface area contributed by atoms with Crippen molar-refractivity contribution in [1.29, 1.82) is 0 Å². The summed E-state index contributed by atoms with van der Waals surface area (Å²) in [5, 5.41) is 8.69. The quantitative estimate of drug-likeness (QED) is 0.474. The number of hydrogen-bond donors (Lipinski definition) is 2. The predicted octanol–water partition coefficient (Wildman–Crippen LogP) is 1.40. The molecule has 1 aromatic rings. The summed E-state index contributed by atoms with van der Waals surface area (Å²) in [6.45, 7) is 2.63. The number of nitrogens with zero attached hydrogens (tertiary/aromatic N) is 4. The van der Waals surface area contributed by atoms with E-state index in [0.29, 0.717) is 32.7 Å². The first kappa shape index (κ1) is 17.5. The van der Waals surface area contributed by atoms with Gasteiger partial charge in [-0.2, -0.15) is 0 Å². The Kier molecular flexibility index (Phi) is 5.75. The second-order valence-electron chi connectivity index (χ2n) is 4.88. The van der Waals surface area contributed by atoms with Gasteiger partial charge in [0.05, 0.1) is 5.56 Å². The lowest BCUT2D eigenvalue weighted by atomic mass is 10.2.